The fourth-order valence-electron chi connectivity index (χ4n) is 8.10. The number of carbonyl (C=O) groups is 3. The van der Waals surface area contributed by atoms with Crippen molar-refractivity contribution >= 4 is 56.7 Å². The van der Waals surface area contributed by atoms with Gasteiger partial charge in [-0.15, -0.1) is 0 Å². The average molecular weight is 960 g/mol. The lowest BCUT2D eigenvalue weighted by molar-refractivity contribution is -0.145. The van der Waals surface area contributed by atoms with E-state index in [1.54, 1.807) is 49.4 Å². The van der Waals surface area contributed by atoms with Crippen LogP contribution in [0.4, 0.5) is 5.69 Å². The van der Waals surface area contributed by atoms with Gasteiger partial charge in [0.25, 0.3) is 0 Å². The number of sulfonamides is 1. The van der Waals surface area contributed by atoms with Crippen LogP contribution in [-0.2, 0) is 55.1 Å². The van der Waals surface area contributed by atoms with Crippen LogP contribution < -0.4 is 24.8 Å². The minimum absolute atomic E-state index is 0.0552. The predicted octanol–water partition coefficient (Wildman–Crippen LogP) is 8.91. The summed E-state index contributed by atoms with van der Waals surface area (Å²) in [5, 5.41) is 15.6. The van der Waals surface area contributed by atoms with Crippen LogP contribution in [0.25, 0.3) is 11.1 Å². The van der Waals surface area contributed by atoms with Gasteiger partial charge in [0.2, 0.25) is 21.8 Å². The molecule has 67 heavy (non-hydrogen) atoms. The molecule has 3 atom stereocenters. The Morgan fingerprint density at radius 3 is 2.19 bits per heavy atom. The van der Waals surface area contributed by atoms with Crippen molar-refractivity contribution in [3.63, 3.8) is 0 Å². The van der Waals surface area contributed by atoms with E-state index in [4.69, 9.17) is 42.1 Å². The van der Waals surface area contributed by atoms with E-state index in [1.165, 1.54) is 26.2 Å². The van der Waals surface area contributed by atoms with Crippen LogP contribution in [0.2, 0.25) is 10.0 Å². The Balaban J connectivity index is 1.04. The van der Waals surface area contributed by atoms with Gasteiger partial charge >= 0.3 is 5.97 Å². The van der Waals surface area contributed by atoms with Crippen molar-refractivity contribution in [1.82, 2.24) is 9.62 Å². The number of esters is 1. The number of carbonyl (C=O) groups excluding carboxylic acids is 3. The molecule has 0 fully saturated rings. The number of halogens is 2. The van der Waals surface area contributed by atoms with Gasteiger partial charge in [-0.3, -0.25) is 9.59 Å². The molecule has 342 valence electrons. The largest absolute Gasteiger partial charge is 0.489 e. The quantitative estimate of drug-likeness (QED) is 0.107. The Kier molecular flexibility index (Phi) is 13.9. The molecule has 13 nitrogen and oxygen atoms in total. The zero-order valence-electron chi connectivity index (χ0n) is 36.5. The maximum Gasteiger partial charge on any atom is 0.328 e. The molecular formula is C51H44Cl2N4O9S. The Bertz CT molecular complexity index is 3020. The number of rotatable bonds is 13. The summed E-state index contributed by atoms with van der Waals surface area (Å²) in [5.74, 6) is -0.255. The summed E-state index contributed by atoms with van der Waals surface area (Å²) in [4.78, 5) is 39.6. The van der Waals surface area contributed by atoms with E-state index in [0.717, 1.165) is 26.6 Å². The zero-order chi connectivity index (χ0) is 47.4. The molecule has 0 spiro atoms. The summed E-state index contributed by atoms with van der Waals surface area (Å²) in [5.41, 5.74) is 6.76. The van der Waals surface area contributed by atoms with Gasteiger partial charge in [-0.25, -0.2) is 13.2 Å². The van der Waals surface area contributed by atoms with Crippen molar-refractivity contribution < 1.29 is 41.7 Å². The Labute approximate surface area is 398 Å². The number of nitriles is 1. The topological polar surface area (TPSA) is 173 Å². The standard InChI is InChI=1S/C51H44Cl2N4O9S/c1-30-20-40(55-31(2)58)15-19-49(30)67(61,62)57-27-39-25-47-46(65-29-48(66-47)37-13-16-41(17-14-37)64-28-34-8-18-42(52)43(53)21-34)24-38(39)23-45(57)50(59)56-44(51(60)63-3)22-32-4-9-35(10-5-32)36-11-6-33(26-54)7-12-36/h4-21,24-25,44-45,48H,22-23,27-29H2,1-3H3,(H,55,58)(H,56,59)/t44?,45-,48+/m0/s1. The van der Waals surface area contributed by atoms with Crippen molar-refractivity contribution in [2.24, 2.45) is 0 Å². The van der Waals surface area contributed by atoms with Gasteiger partial charge in [-0.1, -0.05) is 77.8 Å². The predicted molar refractivity (Wildman–Crippen MR) is 252 cm³/mol. The van der Waals surface area contributed by atoms with E-state index in [9.17, 15) is 28.1 Å². The highest BCUT2D eigenvalue weighted by Gasteiger charge is 2.42. The van der Waals surface area contributed by atoms with E-state index in [0.29, 0.717) is 60.8 Å². The molecule has 2 heterocycles. The number of nitrogens with one attached hydrogen (secondary N) is 2. The van der Waals surface area contributed by atoms with E-state index in [-0.39, 0.29) is 43.4 Å². The molecule has 0 radical (unpaired) electrons. The van der Waals surface area contributed by atoms with Crippen LogP contribution in [0.15, 0.2) is 126 Å². The monoisotopic (exact) mass is 958 g/mol. The molecule has 6 aromatic rings. The number of methoxy groups -OCH3 is 1. The molecule has 1 unspecified atom stereocenters. The first-order valence-electron chi connectivity index (χ1n) is 21.2. The minimum atomic E-state index is -4.41. The van der Waals surface area contributed by atoms with Gasteiger partial charge in [0.05, 0.1) is 33.7 Å². The smallest absolute Gasteiger partial charge is 0.328 e. The molecule has 0 saturated carbocycles. The average Bonchev–Trinajstić information content (AvgIpc) is 3.32. The number of nitrogens with zero attached hydrogens (tertiary/aromatic N) is 2. The Hall–Kier alpha value is -6.89. The highest BCUT2D eigenvalue weighted by Crippen LogP contribution is 2.42. The molecule has 8 rings (SSSR count). The van der Waals surface area contributed by atoms with Crippen LogP contribution >= 0.6 is 23.2 Å². The molecule has 0 saturated heterocycles. The van der Waals surface area contributed by atoms with Gasteiger partial charge in [0.15, 0.2) is 17.6 Å². The van der Waals surface area contributed by atoms with Gasteiger partial charge < -0.3 is 29.6 Å². The molecule has 0 bridgehead atoms. The molecule has 2 N–H and O–H groups in total. The highest BCUT2D eigenvalue weighted by atomic mass is 35.5. The number of hydrogen-bond donors (Lipinski definition) is 2. The Morgan fingerprint density at radius 1 is 0.851 bits per heavy atom. The SMILES string of the molecule is COC(=O)C(Cc1ccc(-c2ccc(C#N)cc2)cc1)NC(=O)[C@@H]1Cc2cc3c(cc2CN1S(=O)(=O)c1ccc(NC(C)=O)cc1C)O[C@@H](c1ccc(OCc2ccc(Cl)c(Cl)c2)cc1)CO3. The lowest BCUT2D eigenvalue weighted by Crippen LogP contribution is -2.56. The number of hydrogen-bond acceptors (Lipinski definition) is 10. The molecule has 6 aromatic carbocycles. The third kappa shape index (κ3) is 10.6. The van der Waals surface area contributed by atoms with Gasteiger partial charge in [-0.05, 0) is 125 Å². The first kappa shape index (κ1) is 46.6. The second-order valence-electron chi connectivity index (χ2n) is 16.2. The highest BCUT2D eigenvalue weighted by molar-refractivity contribution is 7.89. The van der Waals surface area contributed by atoms with Crippen molar-refractivity contribution in [1.29, 1.82) is 5.26 Å². The molecule has 16 heteroatoms. The Morgan fingerprint density at radius 2 is 1.54 bits per heavy atom. The van der Waals surface area contributed by atoms with Crippen LogP contribution in [-0.4, -0.2) is 56.3 Å². The summed E-state index contributed by atoms with van der Waals surface area (Å²) >= 11 is 12.2. The first-order chi connectivity index (χ1) is 32.2. The van der Waals surface area contributed by atoms with Crippen LogP contribution in [0, 0.1) is 18.3 Å². The number of fused-ring (bicyclic) bond motifs is 2. The molecule has 2 amide bonds. The maximum atomic E-state index is 14.8. The van der Waals surface area contributed by atoms with E-state index in [2.05, 4.69) is 16.7 Å². The number of anilines is 1. The van der Waals surface area contributed by atoms with E-state index < -0.39 is 40.1 Å². The van der Waals surface area contributed by atoms with Crippen molar-refractivity contribution in [3.05, 3.63) is 170 Å². The number of amides is 2. The van der Waals surface area contributed by atoms with E-state index >= 15 is 0 Å². The van der Waals surface area contributed by atoms with Gasteiger partial charge in [0.1, 0.15) is 31.0 Å². The number of benzene rings is 6. The summed E-state index contributed by atoms with van der Waals surface area (Å²) in [6, 6.07) is 34.9. The second kappa shape index (κ2) is 19.9. The van der Waals surface area contributed by atoms with Crippen molar-refractivity contribution in [3.8, 4) is 34.4 Å². The zero-order valence-corrected chi connectivity index (χ0v) is 38.9. The van der Waals surface area contributed by atoms with Crippen LogP contribution in [0.5, 0.6) is 17.2 Å². The van der Waals surface area contributed by atoms with Crippen molar-refractivity contribution in [2.75, 3.05) is 19.0 Å². The van der Waals surface area contributed by atoms with Crippen LogP contribution in [0.1, 0.15) is 52.0 Å². The number of ether oxygens (including phenoxy) is 4. The van der Waals surface area contributed by atoms with Gasteiger partial charge in [-0.2, -0.15) is 9.57 Å². The maximum absolute atomic E-state index is 14.8. The molecule has 0 aliphatic carbocycles. The summed E-state index contributed by atoms with van der Waals surface area (Å²) < 4.78 is 54.5. The summed E-state index contributed by atoms with van der Waals surface area (Å²) in [6.45, 7) is 3.22. The lowest BCUT2D eigenvalue weighted by Gasteiger charge is -2.37. The third-order valence-electron chi connectivity index (χ3n) is 11.6. The fourth-order valence-corrected chi connectivity index (χ4v) is 10.2. The fraction of sp³-hybridized carbons (Fsp3) is 0.216. The van der Waals surface area contributed by atoms with Crippen molar-refractivity contribution in [2.45, 2.75) is 62.9 Å². The lowest BCUT2D eigenvalue weighted by atomic mass is 9.93. The molecule has 2 aliphatic heterocycles. The minimum Gasteiger partial charge on any atom is -0.489 e. The summed E-state index contributed by atoms with van der Waals surface area (Å²) in [7, 11) is -3.19. The van der Waals surface area contributed by atoms with Gasteiger partial charge in [0, 0.05) is 25.6 Å². The number of aryl methyl sites for hydroxylation is 1. The third-order valence-corrected chi connectivity index (χ3v) is 14.3. The summed E-state index contributed by atoms with van der Waals surface area (Å²) in [6.07, 6.45) is -0.496. The molecular weight excluding hydrogens is 916 g/mol. The molecule has 0 aromatic heterocycles. The van der Waals surface area contributed by atoms with Crippen LogP contribution in [0.3, 0.4) is 0 Å². The van der Waals surface area contributed by atoms with E-state index in [1.807, 2.05) is 66.7 Å². The first-order valence-corrected chi connectivity index (χ1v) is 23.4. The normalized spacial score (nSPS) is 15.9. The molecule has 2 aliphatic rings. The second-order valence-corrected chi connectivity index (χ2v) is 18.9.